The fraction of sp³-hybridized carbons (Fsp3) is 0.565. The van der Waals surface area contributed by atoms with Crippen molar-refractivity contribution in [2.75, 3.05) is 38.2 Å². The van der Waals surface area contributed by atoms with Crippen LogP contribution in [-0.2, 0) is 19.4 Å². The lowest BCUT2D eigenvalue weighted by atomic mass is 10.1. The second kappa shape index (κ2) is 10.2. The number of nitrogens with one attached hydrogen (secondary N) is 2. The van der Waals surface area contributed by atoms with E-state index in [0.29, 0.717) is 13.2 Å². The number of aliphatic imine (C=N–C) groups is 1. The number of benzene rings is 1. The van der Waals surface area contributed by atoms with Crippen LogP contribution in [-0.4, -0.2) is 50.3 Å². The number of rotatable bonds is 8. The van der Waals surface area contributed by atoms with Gasteiger partial charge in [-0.15, -0.1) is 11.3 Å². The first-order valence-electron chi connectivity index (χ1n) is 11.3. The Kier molecular flexibility index (Phi) is 7.17. The smallest absolute Gasteiger partial charge is 0.191 e. The van der Waals surface area contributed by atoms with Gasteiger partial charge in [-0.3, -0.25) is 4.99 Å². The van der Waals surface area contributed by atoms with Crippen LogP contribution in [0, 0.1) is 0 Å². The maximum Gasteiger partial charge on any atom is 0.191 e. The second-order valence-electron chi connectivity index (χ2n) is 8.05. The van der Waals surface area contributed by atoms with Crippen molar-refractivity contribution in [3.05, 3.63) is 34.3 Å². The molecule has 0 bridgehead atoms. The fourth-order valence-corrected chi connectivity index (χ4v) is 5.00. The number of fused-ring (bicyclic) bond motifs is 1. The van der Waals surface area contributed by atoms with Crippen LogP contribution in [0.1, 0.15) is 43.5 Å². The van der Waals surface area contributed by atoms with Gasteiger partial charge in [0, 0.05) is 62.6 Å². The molecule has 0 radical (unpaired) electrons. The number of guanidine groups is 1. The minimum atomic E-state index is 0.221. The Morgan fingerprint density at radius 3 is 2.94 bits per heavy atom. The molecule has 31 heavy (non-hydrogen) atoms. The van der Waals surface area contributed by atoms with E-state index in [1.165, 1.54) is 18.4 Å². The van der Waals surface area contributed by atoms with E-state index in [-0.39, 0.29) is 6.10 Å². The summed E-state index contributed by atoms with van der Waals surface area (Å²) in [5.41, 5.74) is 3.43. The maximum atomic E-state index is 5.93. The summed E-state index contributed by atoms with van der Waals surface area (Å²) in [6.07, 6.45) is 4.58. The topological polar surface area (TPSA) is 71.0 Å². The van der Waals surface area contributed by atoms with Crippen LogP contribution >= 0.6 is 11.3 Å². The standard InChI is InChI=1S/C23H33N5O2S/c1-4-29-20-12-17-11-16(2)30-21(17)13-18(20)14-26-22(24-3)25-8-7-19-15-31-23(27-19)28-9-5-6-10-28/h12-13,15-16H,4-11,14H2,1-3H3,(H2,24,25,26). The Hall–Kier alpha value is -2.48. The zero-order chi connectivity index (χ0) is 21.6. The first-order valence-corrected chi connectivity index (χ1v) is 12.1. The van der Waals surface area contributed by atoms with E-state index in [1.807, 2.05) is 6.92 Å². The number of ether oxygens (including phenoxy) is 2. The molecular formula is C23H33N5O2S. The lowest BCUT2D eigenvalue weighted by molar-refractivity contribution is 0.254. The number of thiazole rings is 1. The molecule has 0 amide bonds. The third-order valence-electron chi connectivity index (χ3n) is 5.64. The van der Waals surface area contributed by atoms with E-state index in [1.54, 1.807) is 18.4 Å². The Balaban J connectivity index is 1.29. The third-order valence-corrected chi connectivity index (χ3v) is 6.59. The molecule has 1 atom stereocenters. The van der Waals surface area contributed by atoms with Gasteiger partial charge in [0.2, 0.25) is 0 Å². The van der Waals surface area contributed by atoms with Gasteiger partial charge in [-0.2, -0.15) is 0 Å². The molecule has 3 heterocycles. The summed E-state index contributed by atoms with van der Waals surface area (Å²) in [4.78, 5) is 11.5. The van der Waals surface area contributed by atoms with E-state index in [4.69, 9.17) is 14.5 Å². The van der Waals surface area contributed by atoms with Crippen molar-refractivity contribution in [1.29, 1.82) is 0 Å². The predicted molar refractivity (Wildman–Crippen MR) is 127 cm³/mol. The van der Waals surface area contributed by atoms with Crippen LogP contribution in [0.4, 0.5) is 5.13 Å². The largest absolute Gasteiger partial charge is 0.494 e. The van der Waals surface area contributed by atoms with Gasteiger partial charge in [0.15, 0.2) is 11.1 Å². The van der Waals surface area contributed by atoms with Crippen molar-refractivity contribution in [1.82, 2.24) is 15.6 Å². The minimum absolute atomic E-state index is 0.221. The Morgan fingerprint density at radius 1 is 1.32 bits per heavy atom. The number of hydrogen-bond donors (Lipinski definition) is 2. The Labute approximate surface area is 188 Å². The zero-order valence-electron chi connectivity index (χ0n) is 18.7. The predicted octanol–water partition coefficient (Wildman–Crippen LogP) is 3.37. The summed E-state index contributed by atoms with van der Waals surface area (Å²) in [6, 6.07) is 4.22. The zero-order valence-corrected chi connectivity index (χ0v) is 19.6. The SMILES string of the molecule is CCOc1cc2c(cc1CNC(=NC)NCCc1csc(N3CCCC3)n1)OC(C)C2. The lowest BCUT2D eigenvalue weighted by Crippen LogP contribution is -2.38. The number of hydrogen-bond acceptors (Lipinski definition) is 6. The summed E-state index contributed by atoms with van der Waals surface area (Å²) in [6.45, 7) is 8.43. The molecule has 1 aromatic heterocycles. The van der Waals surface area contributed by atoms with E-state index in [9.17, 15) is 0 Å². The molecule has 2 aromatic rings. The van der Waals surface area contributed by atoms with E-state index in [0.717, 1.165) is 66.3 Å². The van der Waals surface area contributed by atoms with Gasteiger partial charge in [0.05, 0.1) is 12.3 Å². The van der Waals surface area contributed by atoms with E-state index >= 15 is 0 Å². The second-order valence-corrected chi connectivity index (χ2v) is 8.89. The van der Waals surface area contributed by atoms with E-state index < -0.39 is 0 Å². The average molecular weight is 444 g/mol. The van der Waals surface area contributed by atoms with Crippen molar-refractivity contribution in [2.45, 2.75) is 52.2 Å². The summed E-state index contributed by atoms with van der Waals surface area (Å²) in [7, 11) is 1.79. The van der Waals surface area contributed by atoms with Crippen LogP contribution in [0.3, 0.4) is 0 Å². The van der Waals surface area contributed by atoms with Crippen molar-refractivity contribution >= 4 is 22.4 Å². The molecule has 1 aromatic carbocycles. The summed E-state index contributed by atoms with van der Waals surface area (Å²) in [5, 5.41) is 10.1. The molecule has 1 fully saturated rings. The van der Waals surface area contributed by atoms with Crippen molar-refractivity contribution < 1.29 is 9.47 Å². The molecular weight excluding hydrogens is 410 g/mol. The van der Waals surface area contributed by atoms with Crippen LogP contribution in [0.15, 0.2) is 22.5 Å². The highest BCUT2D eigenvalue weighted by Crippen LogP contribution is 2.35. The van der Waals surface area contributed by atoms with Gasteiger partial charge < -0.3 is 25.0 Å². The molecule has 2 N–H and O–H groups in total. The molecule has 1 unspecified atom stereocenters. The third kappa shape index (κ3) is 5.42. The molecule has 0 saturated carbocycles. The monoisotopic (exact) mass is 443 g/mol. The molecule has 4 rings (SSSR count). The molecule has 2 aliphatic heterocycles. The van der Waals surface area contributed by atoms with Crippen LogP contribution < -0.4 is 25.0 Å². The lowest BCUT2D eigenvalue weighted by Gasteiger charge is -2.15. The van der Waals surface area contributed by atoms with Crippen LogP contribution in [0.2, 0.25) is 0 Å². The van der Waals surface area contributed by atoms with Crippen LogP contribution in [0.5, 0.6) is 11.5 Å². The summed E-state index contributed by atoms with van der Waals surface area (Å²) in [5.74, 6) is 2.65. The average Bonchev–Trinajstić information content (AvgIpc) is 3.50. The highest BCUT2D eigenvalue weighted by molar-refractivity contribution is 7.13. The van der Waals surface area contributed by atoms with Crippen molar-refractivity contribution in [3.8, 4) is 11.5 Å². The van der Waals surface area contributed by atoms with Crippen molar-refractivity contribution in [3.63, 3.8) is 0 Å². The van der Waals surface area contributed by atoms with Gasteiger partial charge in [-0.25, -0.2) is 4.98 Å². The first kappa shape index (κ1) is 21.7. The van der Waals surface area contributed by atoms with Gasteiger partial charge in [-0.1, -0.05) is 0 Å². The summed E-state index contributed by atoms with van der Waals surface area (Å²) < 4.78 is 11.8. The molecule has 168 valence electrons. The van der Waals surface area contributed by atoms with Gasteiger partial charge in [0.25, 0.3) is 0 Å². The van der Waals surface area contributed by atoms with Gasteiger partial charge in [0.1, 0.15) is 17.6 Å². The molecule has 0 aliphatic carbocycles. The highest BCUT2D eigenvalue weighted by Gasteiger charge is 2.22. The van der Waals surface area contributed by atoms with Gasteiger partial charge >= 0.3 is 0 Å². The quantitative estimate of drug-likeness (QED) is 0.482. The highest BCUT2D eigenvalue weighted by atomic mass is 32.1. The molecule has 7 nitrogen and oxygen atoms in total. The van der Waals surface area contributed by atoms with Gasteiger partial charge in [-0.05, 0) is 38.8 Å². The Bertz CT molecular complexity index is 907. The minimum Gasteiger partial charge on any atom is -0.494 e. The summed E-state index contributed by atoms with van der Waals surface area (Å²) >= 11 is 1.75. The maximum absolute atomic E-state index is 5.93. The first-order chi connectivity index (χ1) is 15.2. The van der Waals surface area contributed by atoms with Crippen molar-refractivity contribution in [2.24, 2.45) is 4.99 Å². The number of nitrogens with zero attached hydrogens (tertiary/aromatic N) is 3. The molecule has 1 saturated heterocycles. The number of anilines is 1. The van der Waals surface area contributed by atoms with E-state index in [2.05, 4.69) is 45.0 Å². The number of aromatic nitrogens is 1. The fourth-order valence-electron chi connectivity index (χ4n) is 4.08. The normalized spacial score (nSPS) is 18.1. The molecule has 2 aliphatic rings. The molecule has 8 heteroatoms. The Morgan fingerprint density at radius 2 is 2.16 bits per heavy atom. The molecule has 0 spiro atoms. The van der Waals surface area contributed by atoms with Crippen LogP contribution in [0.25, 0.3) is 0 Å².